The van der Waals surface area contributed by atoms with Crippen molar-refractivity contribution in [3.8, 4) is 0 Å². The molecule has 54 heavy (non-hydrogen) atoms. The average molecular weight is 780 g/mol. The Balaban J connectivity index is 2.26. The van der Waals surface area contributed by atoms with Crippen molar-refractivity contribution in [3.63, 3.8) is 0 Å². The Morgan fingerprint density at radius 3 is 1.76 bits per heavy atom. The highest BCUT2D eigenvalue weighted by Crippen LogP contribution is 2.43. The van der Waals surface area contributed by atoms with E-state index in [9.17, 15) is 19.0 Å². The topological polar surface area (TPSA) is 147 Å². The molecule has 1 heterocycles. The first kappa shape index (κ1) is 49.7. The summed E-state index contributed by atoms with van der Waals surface area (Å²) in [7, 11) is -4.40. The average Bonchev–Trinajstić information content (AvgIpc) is 3.91. The van der Waals surface area contributed by atoms with E-state index in [1.807, 2.05) is 6.08 Å². The highest BCUT2D eigenvalue weighted by atomic mass is 31.2. The molecule has 1 fully saturated rings. The van der Waals surface area contributed by atoms with Crippen molar-refractivity contribution in [1.29, 1.82) is 0 Å². The largest absolute Gasteiger partial charge is 0.472 e. The van der Waals surface area contributed by atoms with E-state index >= 15 is 0 Å². The van der Waals surface area contributed by atoms with E-state index in [4.69, 9.17) is 29.0 Å². The molecule has 0 bridgehead atoms. The van der Waals surface area contributed by atoms with Gasteiger partial charge in [-0.15, -0.1) is 0 Å². The second kappa shape index (κ2) is 35.1. The molecule has 4 atom stereocenters. The number of hydrogen-bond donors (Lipinski definition) is 2. The van der Waals surface area contributed by atoms with E-state index in [1.165, 1.54) is 44.9 Å². The Morgan fingerprint density at radius 1 is 0.648 bits per heavy atom. The number of rotatable bonds is 37. The molecule has 310 valence electrons. The number of hydrogen-bond acceptors (Lipinski definition) is 9. The van der Waals surface area contributed by atoms with Crippen LogP contribution in [0.5, 0.6) is 0 Å². The molecular weight excluding hydrogens is 705 g/mol. The summed E-state index contributed by atoms with van der Waals surface area (Å²) in [6.07, 6.45) is 42.8. The third-order valence-corrected chi connectivity index (χ3v) is 9.76. The summed E-state index contributed by atoms with van der Waals surface area (Å²) in [5.74, 6) is -0.922. The van der Waals surface area contributed by atoms with Gasteiger partial charge in [0.25, 0.3) is 0 Å². The van der Waals surface area contributed by atoms with Gasteiger partial charge < -0.3 is 24.8 Å². The summed E-state index contributed by atoms with van der Waals surface area (Å²) in [6, 6.07) is 0. The van der Waals surface area contributed by atoms with Crippen LogP contribution in [0.4, 0.5) is 0 Å². The Hall–Kier alpha value is -2.33. The maximum absolute atomic E-state index is 12.6. The van der Waals surface area contributed by atoms with E-state index < -0.39 is 32.5 Å². The first-order valence-corrected chi connectivity index (χ1v) is 22.4. The van der Waals surface area contributed by atoms with Gasteiger partial charge in [0.2, 0.25) is 0 Å². The molecule has 0 aromatic rings. The summed E-state index contributed by atoms with van der Waals surface area (Å²) in [5, 5.41) is 0. The molecular formula is C43H74NO9P. The summed E-state index contributed by atoms with van der Waals surface area (Å²) in [6.45, 7) is 3.56. The van der Waals surface area contributed by atoms with E-state index in [0.29, 0.717) is 31.5 Å². The first-order valence-electron chi connectivity index (χ1n) is 20.9. The molecule has 1 saturated heterocycles. The predicted octanol–water partition coefficient (Wildman–Crippen LogP) is 10.7. The van der Waals surface area contributed by atoms with Crippen molar-refractivity contribution in [2.45, 2.75) is 173 Å². The molecule has 0 aliphatic carbocycles. The van der Waals surface area contributed by atoms with Crippen LogP contribution < -0.4 is 5.73 Å². The Kier molecular flexibility index (Phi) is 32.3. The van der Waals surface area contributed by atoms with Crippen LogP contribution in [-0.2, 0) is 37.4 Å². The van der Waals surface area contributed by atoms with Gasteiger partial charge in [0.15, 0.2) is 6.10 Å². The Labute approximate surface area is 327 Å². The van der Waals surface area contributed by atoms with Gasteiger partial charge in [-0.25, -0.2) is 4.57 Å². The van der Waals surface area contributed by atoms with Gasteiger partial charge in [-0.05, 0) is 83.5 Å². The van der Waals surface area contributed by atoms with Crippen LogP contribution in [0.1, 0.15) is 155 Å². The van der Waals surface area contributed by atoms with Gasteiger partial charge >= 0.3 is 19.8 Å². The smallest absolute Gasteiger partial charge is 0.462 e. The first-order chi connectivity index (χ1) is 26.3. The van der Waals surface area contributed by atoms with Gasteiger partial charge in [-0.2, -0.15) is 0 Å². The molecule has 0 aromatic heterocycles. The number of epoxide rings is 1. The van der Waals surface area contributed by atoms with Crippen LogP contribution in [-0.4, -0.2) is 61.5 Å². The zero-order valence-electron chi connectivity index (χ0n) is 33.6. The molecule has 10 nitrogen and oxygen atoms in total. The van der Waals surface area contributed by atoms with Crippen LogP contribution in [0.3, 0.4) is 0 Å². The van der Waals surface area contributed by atoms with Crippen molar-refractivity contribution >= 4 is 19.8 Å². The summed E-state index contributed by atoms with van der Waals surface area (Å²) in [5.41, 5.74) is 5.34. The van der Waals surface area contributed by atoms with Crippen molar-refractivity contribution < 1.29 is 42.3 Å². The number of nitrogens with two attached hydrogens (primary N) is 1. The molecule has 3 N–H and O–H groups in total. The highest BCUT2D eigenvalue weighted by Gasteiger charge is 2.36. The fourth-order valence-corrected chi connectivity index (χ4v) is 6.29. The van der Waals surface area contributed by atoms with Gasteiger partial charge in [0.05, 0.1) is 25.4 Å². The van der Waals surface area contributed by atoms with Crippen LogP contribution in [0.15, 0.2) is 60.8 Å². The Morgan fingerprint density at radius 2 is 1.15 bits per heavy atom. The van der Waals surface area contributed by atoms with Gasteiger partial charge in [-0.3, -0.25) is 18.6 Å². The summed E-state index contributed by atoms with van der Waals surface area (Å²) >= 11 is 0. The predicted molar refractivity (Wildman–Crippen MR) is 219 cm³/mol. The van der Waals surface area contributed by atoms with E-state index in [2.05, 4.69) is 68.5 Å². The zero-order valence-corrected chi connectivity index (χ0v) is 34.5. The van der Waals surface area contributed by atoms with Crippen LogP contribution in [0.25, 0.3) is 0 Å². The number of unbranched alkanes of at least 4 members (excludes halogenated alkanes) is 12. The zero-order chi connectivity index (χ0) is 39.4. The van der Waals surface area contributed by atoms with Crippen LogP contribution >= 0.6 is 7.82 Å². The maximum Gasteiger partial charge on any atom is 0.472 e. The maximum atomic E-state index is 12.6. The number of carbonyl (C=O) groups is 2. The highest BCUT2D eigenvalue weighted by molar-refractivity contribution is 7.47. The molecule has 1 aliphatic heterocycles. The van der Waals surface area contributed by atoms with Crippen molar-refractivity contribution in [1.82, 2.24) is 0 Å². The van der Waals surface area contributed by atoms with Gasteiger partial charge in [0, 0.05) is 19.4 Å². The molecule has 0 amide bonds. The lowest BCUT2D eigenvalue weighted by atomic mass is 10.1. The minimum absolute atomic E-state index is 0.0378. The van der Waals surface area contributed by atoms with Gasteiger partial charge in [0.1, 0.15) is 6.61 Å². The number of esters is 2. The lowest BCUT2D eigenvalue weighted by molar-refractivity contribution is -0.161. The van der Waals surface area contributed by atoms with Crippen molar-refractivity contribution in [3.05, 3.63) is 60.8 Å². The number of phosphoric ester groups is 1. The molecule has 11 heteroatoms. The number of allylic oxidation sites excluding steroid dienone is 8. The molecule has 1 rings (SSSR count). The van der Waals surface area contributed by atoms with E-state index in [1.54, 1.807) is 0 Å². The third-order valence-electron chi connectivity index (χ3n) is 8.78. The third kappa shape index (κ3) is 32.0. The molecule has 0 aromatic carbocycles. The van der Waals surface area contributed by atoms with Crippen LogP contribution in [0, 0.1) is 0 Å². The van der Waals surface area contributed by atoms with E-state index in [0.717, 1.165) is 64.2 Å². The summed E-state index contributed by atoms with van der Waals surface area (Å²) in [4.78, 5) is 34.8. The number of carbonyl (C=O) groups excluding carboxylic acids is 2. The second-order valence-corrected chi connectivity index (χ2v) is 15.3. The van der Waals surface area contributed by atoms with Crippen LogP contribution in [0.2, 0.25) is 0 Å². The minimum atomic E-state index is -4.40. The molecule has 0 radical (unpaired) electrons. The molecule has 0 saturated carbocycles. The SMILES string of the molecule is CCCCC/C=C\C/C=C\CCCCCCCC(=O)OC[C@H](COP(=O)(O)OCCN)OC(=O)CCC/C=C\C/C=C\CC1OC1C/C=C\CCCCC. The second-order valence-electron chi connectivity index (χ2n) is 13.9. The lowest BCUT2D eigenvalue weighted by Crippen LogP contribution is -2.29. The fourth-order valence-electron chi connectivity index (χ4n) is 5.52. The monoisotopic (exact) mass is 780 g/mol. The lowest BCUT2D eigenvalue weighted by Gasteiger charge is -2.19. The number of ether oxygens (including phenoxy) is 3. The van der Waals surface area contributed by atoms with E-state index in [-0.39, 0.29) is 32.6 Å². The molecule has 3 unspecified atom stereocenters. The fraction of sp³-hybridized carbons (Fsp3) is 0.721. The van der Waals surface area contributed by atoms with Crippen molar-refractivity contribution in [2.24, 2.45) is 5.73 Å². The molecule has 0 spiro atoms. The minimum Gasteiger partial charge on any atom is -0.462 e. The normalized spacial score (nSPS) is 17.7. The quantitative estimate of drug-likeness (QED) is 0.0205. The Bertz CT molecular complexity index is 1140. The molecule has 1 aliphatic rings. The summed E-state index contributed by atoms with van der Waals surface area (Å²) < 4.78 is 38.4. The van der Waals surface area contributed by atoms with Crippen molar-refractivity contribution in [2.75, 3.05) is 26.4 Å². The standard InChI is InChI=1S/C43H74NO9P/c1-3-5-7-9-11-12-13-14-15-16-17-18-21-25-29-33-42(45)49-37-39(38-51-54(47,48)50-36-35-44)52-43(46)34-30-26-22-19-20-24-28-32-41-40(53-41)31-27-23-10-8-6-4-2/h11-12,14-15,19,22-24,27-28,39-41H,3-10,13,16-18,20-21,25-26,29-38,44H2,1-2H3,(H,47,48)/b12-11-,15-14-,22-19-,27-23-,28-24-/t39-,40?,41?/m1/s1. The van der Waals surface area contributed by atoms with Gasteiger partial charge in [-0.1, -0.05) is 120 Å². The number of phosphoric acid groups is 1.